The summed E-state index contributed by atoms with van der Waals surface area (Å²) >= 11 is 0. The van der Waals surface area contributed by atoms with E-state index in [0.717, 1.165) is 44.7 Å². The summed E-state index contributed by atoms with van der Waals surface area (Å²) in [4.78, 5) is 11.0. The molecule has 5 nitrogen and oxygen atoms in total. The second-order valence-electron chi connectivity index (χ2n) is 5.05. The number of hydrogen-bond donors (Lipinski definition) is 1. The molecule has 2 aliphatic rings. The largest absolute Gasteiger partial charge is 0.378 e. The molecule has 1 aromatic heterocycles. The van der Waals surface area contributed by atoms with E-state index in [1.165, 1.54) is 12.8 Å². The quantitative estimate of drug-likeness (QED) is 0.819. The van der Waals surface area contributed by atoms with Gasteiger partial charge < -0.3 is 10.1 Å². The summed E-state index contributed by atoms with van der Waals surface area (Å²) in [6.45, 7) is 4.42. The van der Waals surface area contributed by atoms with Crippen molar-refractivity contribution in [3.63, 3.8) is 0 Å². The van der Waals surface area contributed by atoms with Gasteiger partial charge in [-0.05, 0) is 18.9 Å². The van der Waals surface area contributed by atoms with Gasteiger partial charge in [0.15, 0.2) is 0 Å². The van der Waals surface area contributed by atoms with E-state index in [4.69, 9.17) is 4.74 Å². The van der Waals surface area contributed by atoms with Gasteiger partial charge in [0.25, 0.3) is 0 Å². The Balaban J connectivity index is 1.56. The third kappa shape index (κ3) is 3.25. The van der Waals surface area contributed by atoms with E-state index in [0.29, 0.717) is 6.04 Å². The number of morpholine rings is 1. The fourth-order valence-electron chi connectivity index (χ4n) is 2.27. The summed E-state index contributed by atoms with van der Waals surface area (Å²) < 4.78 is 5.58. The van der Waals surface area contributed by atoms with Crippen LogP contribution in [0, 0.1) is 0 Å². The molecule has 1 saturated carbocycles. The first-order valence-electron chi connectivity index (χ1n) is 6.73. The van der Waals surface area contributed by atoms with E-state index in [9.17, 15) is 0 Å². The van der Waals surface area contributed by atoms with Crippen LogP contribution in [0.1, 0.15) is 18.7 Å². The molecule has 0 amide bonds. The number of hydrogen-bond acceptors (Lipinski definition) is 5. The highest BCUT2D eigenvalue weighted by molar-refractivity contribution is 4.91. The molecule has 0 radical (unpaired) electrons. The number of nitrogens with zero attached hydrogens (tertiary/aromatic N) is 3. The average Bonchev–Trinajstić information content (AvgIpc) is 3.23. The molecule has 0 spiro atoms. The molecular weight excluding hydrogens is 228 g/mol. The Morgan fingerprint density at radius 1 is 1.33 bits per heavy atom. The van der Waals surface area contributed by atoms with Gasteiger partial charge in [0.2, 0.25) is 0 Å². The zero-order chi connectivity index (χ0) is 12.2. The van der Waals surface area contributed by atoms with Crippen molar-refractivity contribution >= 4 is 0 Å². The first-order chi connectivity index (χ1) is 8.92. The molecule has 1 atom stereocenters. The summed E-state index contributed by atoms with van der Waals surface area (Å²) in [6.07, 6.45) is 6.27. The molecule has 98 valence electrons. The van der Waals surface area contributed by atoms with E-state index in [-0.39, 0.29) is 0 Å². The lowest BCUT2D eigenvalue weighted by Crippen LogP contribution is -2.50. The van der Waals surface area contributed by atoms with Crippen LogP contribution >= 0.6 is 0 Å². The fraction of sp³-hybridized carbons (Fsp3) is 0.692. The van der Waals surface area contributed by atoms with Crippen LogP contribution in [0.5, 0.6) is 0 Å². The van der Waals surface area contributed by atoms with Gasteiger partial charge >= 0.3 is 0 Å². The lowest BCUT2D eigenvalue weighted by molar-refractivity contribution is -0.0121. The average molecular weight is 248 g/mol. The van der Waals surface area contributed by atoms with Crippen LogP contribution in [0.3, 0.4) is 0 Å². The van der Waals surface area contributed by atoms with Gasteiger partial charge in [-0.15, -0.1) is 0 Å². The molecule has 0 bridgehead atoms. The number of ether oxygens (including phenoxy) is 1. The Morgan fingerprint density at radius 2 is 2.17 bits per heavy atom. The van der Waals surface area contributed by atoms with Gasteiger partial charge in [0.05, 0.1) is 19.8 Å². The first kappa shape index (κ1) is 12.0. The zero-order valence-corrected chi connectivity index (χ0v) is 10.6. The Labute approximate surface area is 108 Å². The molecule has 2 heterocycles. The zero-order valence-electron chi connectivity index (χ0n) is 10.6. The monoisotopic (exact) mass is 248 g/mol. The molecule has 2 fully saturated rings. The smallest absolute Gasteiger partial charge is 0.142 e. The van der Waals surface area contributed by atoms with Crippen molar-refractivity contribution in [3.05, 3.63) is 24.3 Å². The maximum Gasteiger partial charge on any atom is 0.142 e. The van der Waals surface area contributed by atoms with Gasteiger partial charge in [-0.1, -0.05) is 0 Å². The SMILES string of the molecule is c1cnc(CN2CCOCC2CNC2CC2)nc1. The molecule has 1 aromatic rings. The maximum absolute atomic E-state index is 5.58. The van der Waals surface area contributed by atoms with Crippen LogP contribution in [0.15, 0.2) is 18.5 Å². The molecule has 18 heavy (non-hydrogen) atoms. The first-order valence-corrected chi connectivity index (χ1v) is 6.73. The summed E-state index contributed by atoms with van der Waals surface area (Å²) in [7, 11) is 0. The Morgan fingerprint density at radius 3 is 2.94 bits per heavy atom. The topological polar surface area (TPSA) is 50.3 Å². The van der Waals surface area contributed by atoms with Crippen molar-refractivity contribution in [1.29, 1.82) is 0 Å². The highest BCUT2D eigenvalue weighted by Crippen LogP contribution is 2.19. The maximum atomic E-state index is 5.58. The van der Waals surface area contributed by atoms with Crippen molar-refractivity contribution in [3.8, 4) is 0 Å². The van der Waals surface area contributed by atoms with Crippen LogP contribution in [0.4, 0.5) is 0 Å². The molecule has 1 aliphatic carbocycles. The third-order valence-electron chi connectivity index (χ3n) is 3.53. The number of nitrogens with one attached hydrogen (secondary N) is 1. The van der Waals surface area contributed by atoms with Crippen molar-refractivity contribution in [2.24, 2.45) is 0 Å². The van der Waals surface area contributed by atoms with E-state index < -0.39 is 0 Å². The summed E-state index contributed by atoms with van der Waals surface area (Å²) in [5.74, 6) is 0.899. The van der Waals surface area contributed by atoms with Crippen LogP contribution in [-0.2, 0) is 11.3 Å². The van der Waals surface area contributed by atoms with Gasteiger partial charge in [-0.3, -0.25) is 4.90 Å². The van der Waals surface area contributed by atoms with Gasteiger partial charge in [0.1, 0.15) is 5.82 Å². The molecule has 1 N–H and O–H groups in total. The Bertz CT molecular complexity index is 369. The lowest BCUT2D eigenvalue weighted by atomic mass is 10.2. The summed E-state index contributed by atoms with van der Waals surface area (Å²) in [5, 5.41) is 3.58. The normalized spacial score (nSPS) is 25.2. The van der Waals surface area contributed by atoms with Crippen LogP contribution in [-0.4, -0.2) is 53.3 Å². The predicted molar refractivity (Wildman–Crippen MR) is 68.1 cm³/mol. The van der Waals surface area contributed by atoms with E-state index in [2.05, 4.69) is 20.2 Å². The minimum Gasteiger partial charge on any atom is -0.378 e. The van der Waals surface area contributed by atoms with Crippen LogP contribution < -0.4 is 5.32 Å². The van der Waals surface area contributed by atoms with E-state index in [1.807, 2.05) is 6.07 Å². The third-order valence-corrected chi connectivity index (χ3v) is 3.53. The highest BCUT2D eigenvalue weighted by Gasteiger charge is 2.27. The standard InChI is InChI=1S/C13H20N4O/c1-4-14-13(15-5-1)9-17-6-7-18-10-12(17)8-16-11-2-3-11/h1,4-5,11-12,16H,2-3,6-10H2. The molecular formula is C13H20N4O. The van der Waals surface area contributed by atoms with Gasteiger partial charge in [-0.25, -0.2) is 9.97 Å². The van der Waals surface area contributed by atoms with Gasteiger partial charge in [-0.2, -0.15) is 0 Å². The van der Waals surface area contributed by atoms with Crippen LogP contribution in [0.25, 0.3) is 0 Å². The minimum atomic E-state index is 0.447. The Hall–Kier alpha value is -1.04. The van der Waals surface area contributed by atoms with E-state index >= 15 is 0 Å². The summed E-state index contributed by atoms with van der Waals surface area (Å²) in [5.41, 5.74) is 0. The highest BCUT2D eigenvalue weighted by atomic mass is 16.5. The Kier molecular flexibility index (Phi) is 3.83. The van der Waals surface area contributed by atoms with Crippen molar-refractivity contribution in [1.82, 2.24) is 20.2 Å². The molecule has 1 aliphatic heterocycles. The van der Waals surface area contributed by atoms with Gasteiger partial charge in [0, 0.05) is 37.6 Å². The van der Waals surface area contributed by atoms with E-state index in [1.54, 1.807) is 12.4 Å². The second-order valence-corrected chi connectivity index (χ2v) is 5.05. The van der Waals surface area contributed by atoms with Crippen LogP contribution in [0.2, 0.25) is 0 Å². The molecule has 1 saturated heterocycles. The molecule has 3 rings (SSSR count). The minimum absolute atomic E-state index is 0.447. The van der Waals surface area contributed by atoms with Crippen molar-refractivity contribution < 1.29 is 4.74 Å². The second kappa shape index (κ2) is 5.73. The number of aromatic nitrogens is 2. The van der Waals surface area contributed by atoms with Crippen molar-refractivity contribution in [2.75, 3.05) is 26.3 Å². The predicted octanol–water partition coefficient (Wildman–Crippen LogP) is 0.429. The van der Waals surface area contributed by atoms with Crippen molar-refractivity contribution in [2.45, 2.75) is 31.5 Å². The molecule has 1 unspecified atom stereocenters. The number of rotatable bonds is 5. The molecule has 0 aromatic carbocycles. The molecule has 5 heteroatoms. The fourth-order valence-corrected chi connectivity index (χ4v) is 2.27. The summed E-state index contributed by atoms with van der Waals surface area (Å²) in [6, 6.07) is 3.06. The lowest BCUT2D eigenvalue weighted by Gasteiger charge is -2.35.